The second-order valence-corrected chi connectivity index (χ2v) is 6.08. The Kier molecular flexibility index (Phi) is 28.2. The van der Waals surface area contributed by atoms with Crippen LogP contribution in [0.25, 0.3) is 0 Å². The van der Waals surface area contributed by atoms with Gasteiger partial charge in [-0.1, -0.05) is 76.9 Å². The van der Waals surface area contributed by atoms with Crippen LogP contribution in [0.4, 0.5) is 0 Å². The van der Waals surface area contributed by atoms with Crippen LogP contribution in [0.3, 0.4) is 0 Å². The molecule has 4 heteroatoms. The molecule has 0 saturated heterocycles. The van der Waals surface area contributed by atoms with Crippen LogP contribution < -0.4 is 5.73 Å². The van der Waals surface area contributed by atoms with Crippen LogP contribution in [-0.4, -0.2) is 21.4 Å². The maximum absolute atomic E-state index is 8.44. The topological polar surface area (TPSA) is 60.2 Å². The second kappa shape index (κ2) is 25.8. The predicted octanol–water partition coefficient (Wildman–Crippen LogP) is 5.36. The van der Waals surface area contributed by atoms with Crippen molar-refractivity contribution in [2.45, 2.75) is 96.8 Å². The molecule has 0 spiro atoms. The van der Waals surface area contributed by atoms with Gasteiger partial charge in [-0.2, -0.15) is 0 Å². The van der Waals surface area contributed by atoms with Crippen molar-refractivity contribution < 1.29 is 7.67 Å². The van der Waals surface area contributed by atoms with Crippen LogP contribution in [0.1, 0.15) is 96.8 Å². The first-order valence-corrected chi connectivity index (χ1v) is 10.5. The summed E-state index contributed by atoms with van der Waals surface area (Å²) < 4.78 is 16.9. The molecule has 0 fully saturated rings. The van der Waals surface area contributed by atoms with E-state index in [0.717, 1.165) is 6.54 Å². The fourth-order valence-corrected chi connectivity index (χ4v) is 2.39. The van der Waals surface area contributed by atoms with E-state index in [1.54, 1.807) is 0 Å². The fraction of sp³-hybridized carbons (Fsp3) is 0.889. The molecule has 0 aliphatic rings. The third-order valence-electron chi connectivity index (χ3n) is 3.72. The molecule has 0 aromatic heterocycles. The summed E-state index contributed by atoms with van der Waals surface area (Å²) in [5, 5.41) is 0. The molecule has 0 saturated carbocycles. The average molecular weight is 378 g/mol. The van der Waals surface area contributed by atoms with Crippen molar-refractivity contribution in [2.75, 3.05) is 6.54 Å². The van der Waals surface area contributed by atoms with E-state index in [1.165, 1.54) is 89.9 Å². The van der Waals surface area contributed by atoms with Crippen molar-refractivity contribution >= 4 is 14.8 Å². The Morgan fingerprint density at radius 2 is 1.05 bits per heavy atom. The van der Waals surface area contributed by atoms with E-state index in [4.69, 9.17) is 13.4 Å². The molecular weight excluding hydrogens is 341 g/mol. The van der Waals surface area contributed by atoms with Gasteiger partial charge in [-0.25, -0.2) is 0 Å². The Morgan fingerprint density at radius 3 is 1.45 bits per heavy atom. The normalized spacial score (nSPS) is 10.5. The van der Waals surface area contributed by atoms with Crippen LogP contribution >= 0.6 is 0 Å². The number of allylic oxidation sites excluding steroid dienone is 2. The molecule has 0 aliphatic heterocycles. The van der Waals surface area contributed by atoms with Gasteiger partial charge in [0.25, 0.3) is 0 Å². The van der Waals surface area contributed by atoms with Gasteiger partial charge < -0.3 is 5.73 Å². The van der Waals surface area contributed by atoms with E-state index in [2.05, 4.69) is 19.1 Å². The maximum atomic E-state index is 8.44. The quantitative estimate of drug-likeness (QED) is 0.237. The van der Waals surface area contributed by atoms with Crippen LogP contribution in [0, 0.1) is 0 Å². The van der Waals surface area contributed by atoms with E-state index < -0.39 is 14.8 Å². The van der Waals surface area contributed by atoms with Crippen molar-refractivity contribution in [3.8, 4) is 0 Å². The molecule has 0 rings (SSSR count). The third kappa shape index (κ3) is 28.0. The van der Waals surface area contributed by atoms with Crippen molar-refractivity contribution in [3.63, 3.8) is 0 Å². The SMILES string of the molecule is CCCCCCCC/C=C\CCCCCCCCN.O=[Se]=O. The van der Waals surface area contributed by atoms with E-state index in [-0.39, 0.29) is 0 Å². The standard InChI is InChI=1S/C18H37N.O2Se/c1-2-3-4-5-6-7-8-9-10-11-12-13-14-15-16-17-18-19;1-3-2/h9-10H,2-8,11-19H2,1H3;/b10-9-;. The summed E-state index contributed by atoms with van der Waals surface area (Å²) in [5.74, 6) is 0. The number of unbranched alkanes of at least 4 members (excludes halogenated alkanes) is 12. The van der Waals surface area contributed by atoms with Gasteiger partial charge in [-0.05, 0) is 38.6 Å². The zero-order valence-electron chi connectivity index (χ0n) is 14.6. The molecule has 0 heterocycles. The third-order valence-corrected chi connectivity index (χ3v) is 3.72. The molecule has 2 N–H and O–H groups in total. The summed E-state index contributed by atoms with van der Waals surface area (Å²) in [7, 11) is 0. The van der Waals surface area contributed by atoms with Gasteiger partial charge in [-0.3, -0.25) is 0 Å². The van der Waals surface area contributed by atoms with Crippen molar-refractivity contribution in [3.05, 3.63) is 12.2 Å². The average Bonchev–Trinajstić information content (AvgIpc) is 2.52. The second-order valence-electron chi connectivity index (χ2n) is 5.79. The molecule has 0 amide bonds. The van der Waals surface area contributed by atoms with Gasteiger partial charge in [0.1, 0.15) is 0 Å². The van der Waals surface area contributed by atoms with Crippen LogP contribution in [0.2, 0.25) is 0 Å². The molecule has 0 radical (unpaired) electrons. The first kappa shape index (κ1) is 24.1. The monoisotopic (exact) mass is 379 g/mol. The molecule has 0 aromatic rings. The fourth-order valence-electron chi connectivity index (χ4n) is 2.39. The van der Waals surface area contributed by atoms with Gasteiger partial charge in [0, 0.05) is 0 Å². The zero-order valence-corrected chi connectivity index (χ0v) is 16.3. The van der Waals surface area contributed by atoms with Gasteiger partial charge in [0.05, 0.1) is 0 Å². The zero-order chi connectivity index (χ0) is 16.7. The Labute approximate surface area is 144 Å². The van der Waals surface area contributed by atoms with Crippen molar-refractivity contribution in [2.24, 2.45) is 5.73 Å². The summed E-state index contributed by atoms with van der Waals surface area (Å²) in [5.41, 5.74) is 5.47. The number of rotatable bonds is 15. The Bertz CT molecular complexity index is 251. The van der Waals surface area contributed by atoms with E-state index in [1.807, 2.05) is 0 Å². The van der Waals surface area contributed by atoms with Crippen molar-refractivity contribution in [1.29, 1.82) is 0 Å². The Morgan fingerprint density at radius 1 is 0.682 bits per heavy atom. The summed E-state index contributed by atoms with van der Waals surface area (Å²) >= 11 is -1.62. The molecule has 132 valence electrons. The van der Waals surface area contributed by atoms with Gasteiger partial charge in [0.2, 0.25) is 0 Å². The van der Waals surface area contributed by atoms with E-state index in [0.29, 0.717) is 0 Å². The first-order chi connectivity index (χ1) is 10.8. The molecule has 0 unspecified atom stereocenters. The van der Waals surface area contributed by atoms with Crippen LogP contribution in [0.5, 0.6) is 0 Å². The van der Waals surface area contributed by atoms with E-state index >= 15 is 0 Å². The molecule has 0 aliphatic carbocycles. The van der Waals surface area contributed by atoms with Crippen LogP contribution in [0.15, 0.2) is 12.2 Å². The summed E-state index contributed by atoms with van der Waals surface area (Å²) in [6, 6.07) is 0. The minimum atomic E-state index is -1.62. The summed E-state index contributed by atoms with van der Waals surface area (Å²) in [6.45, 7) is 3.14. The van der Waals surface area contributed by atoms with Crippen molar-refractivity contribution in [1.82, 2.24) is 0 Å². The molecule has 0 aromatic carbocycles. The number of hydrogen-bond acceptors (Lipinski definition) is 3. The van der Waals surface area contributed by atoms with Gasteiger partial charge >= 0.3 is 22.5 Å². The molecule has 3 nitrogen and oxygen atoms in total. The van der Waals surface area contributed by atoms with Crippen LogP contribution in [-0.2, 0) is 7.67 Å². The molecule has 0 atom stereocenters. The van der Waals surface area contributed by atoms with Gasteiger partial charge in [-0.15, -0.1) is 0 Å². The summed E-state index contributed by atoms with van der Waals surface area (Å²) in [6.07, 6.45) is 23.9. The minimum absolute atomic E-state index is 0.862. The van der Waals surface area contributed by atoms with E-state index in [9.17, 15) is 0 Å². The Balaban J connectivity index is 0. The summed E-state index contributed by atoms with van der Waals surface area (Å²) in [4.78, 5) is 0. The number of hydrogen-bond donors (Lipinski definition) is 1. The Hall–Kier alpha value is -0.181. The molecule has 22 heavy (non-hydrogen) atoms. The predicted molar refractivity (Wildman–Crippen MR) is 95.6 cm³/mol. The molecule has 0 bridgehead atoms. The number of nitrogens with two attached hydrogens (primary N) is 1. The molecular formula is C18H37NO2Se. The van der Waals surface area contributed by atoms with Gasteiger partial charge in [0.15, 0.2) is 0 Å². The first-order valence-electron chi connectivity index (χ1n) is 9.10.